The third kappa shape index (κ3) is 2.78. The number of likely N-dealkylation sites (tertiary alicyclic amines) is 1. The van der Waals surface area contributed by atoms with E-state index < -0.39 is 0 Å². The average Bonchev–Trinajstić information content (AvgIpc) is 3.00. The Morgan fingerprint density at radius 3 is 2.71 bits per heavy atom. The zero-order valence-electron chi connectivity index (χ0n) is 14.7. The van der Waals surface area contributed by atoms with Crippen LogP contribution in [0.4, 0.5) is 0 Å². The van der Waals surface area contributed by atoms with Crippen molar-refractivity contribution in [2.75, 3.05) is 19.6 Å². The molecule has 0 aliphatic carbocycles. The minimum Gasteiger partial charge on any atom is -0.481 e. The monoisotopic (exact) mass is 322 g/mol. The lowest BCUT2D eigenvalue weighted by Gasteiger charge is -2.41. The van der Waals surface area contributed by atoms with Crippen molar-refractivity contribution >= 4 is 0 Å². The maximum atomic E-state index is 6.68. The zero-order valence-corrected chi connectivity index (χ0v) is 14.7. The molecule has 1 aromatic heterocycles. The molecule has 2 aliphatic heterocycles. The summed E-state index contributed by atoms with van der Waals surface area (Å²) in [6.45, 7) is 8.46. The lowest BCUT2D eigenvalue weighted by molar-refractivity contribution is -0.00318. The molecule has 0 saturated carbocycles. The van der Waals surface area contributed by atoms with E-state index in [2.05, 4.69) is 72.0 Å². The number of fused-ring (bicyclic) bond motifs is 3. The van der Waals surface area contributed by atoms with Crippen molar-refractivity contribution in [2.24, 2.45) is 0 Å². The third-order valence-electron chi connectivity index (χ3n) is 5.34. The Labute approximate surface area is 144 Å². The van der Waals surface area contributed by atoms with Gasteiger partial charge in [0.25, 0.3) is 0 Å². The molecule has 4 rings (SSSR count). The topological polar surface area (TPSA) is 17.4 Å². The Morgan fingerprint density at radius 2 is 1.92 bits per heavy atom. The van der Waals surface area contributed by atoms with Gasteiger partial charge in [-0.05, 0) is 32.0 Å². The smallest absolute Gasteiger partial charge is 0.151 e. The second-order valence-corrected chi connectivity index (χ2v) is 7.31. The van der Waals surface area contributed by atoms with Gasteiger partial charge in [0.15, 0.2) is 5.60 Å². The van der Waals surface area contributed by atoms with E-state index in [1.807, 2.05) is 0 Å². The fraction of sp³-hybridized carbons (Fsp3) is 0.429. The molecule has 1 spiro atoms. The summed E-state index contributed by atoms with van der Waals surface area (Å²) in [6.07, 6.45) is 6.60. The van der Waals surface area contributed by atoms with Crippen LogP contribution in [0.2, 0.25) is 0 Å². The van der Waals surface area contributed by atoms with Crippen LogP contribution in [0.15, 0.2) is 54.2 Å². The summed E-state index contributed by atoms with van der Waals surface area (Å²) >= 11 is 0. The van der Waals surface area contributed by atoms with Crippen LogP contribution in [0.5, 0.6) is 5.75 Å². The Morgan fingerprint density at radius 1 is 1.12 bits per heavy atom. The molecule has 0 bridgehead atoms. The van der Waals surface area contributed by atoms with Crippen LogP contribution in [0.1, 0.15) is 37.9 Å². The van der Waals surface area contributed by atoms with Gasteiger partial charge < -0.3 is 9.30 Å². The van der Waals surface area contributed by atoms with Gasteiger partial charge in [-0.25, -0.2) is 0 Å². The highest BCUT2D eigenvalue weighted by Crippen LogP contribution is 2.41. The van der Waals surface area contributed by atoms with E-state index in [4.69, 9.17) is 4.74 Å². The van der Waals surface area contributed by atoms with Crippen molar-refractivity contribution < 1.29 is 4.74 Å². The first-order chi connectivity index (χ1) is 11.7. The van der Waals surface area contributed by atoms with Crippen LogP contribution in [-0.2, 0) is 12.1 Å². The van der Waals surface area contributed by atoms with E-state index in [1.165, 1.54) is 16.8 Å². The highest BCUT2D eigenvalue weighted by atomic mass is 16.5. The molecule has 0 atom stereocenters. The molecule has 126 valence electrons. The van der Waals surface area contributed by atoms with Gasteiger partial charge in [-0.2, -0.15) is 0 Å². The lowest BCUT2D eigenvalue weighted by atomic mass is 9.87. The number of para-hydroxylation sites is 1. The normalized spacial score (nSPS) is 19.1. The maximum Gasteiger partial charge on any atom is 0.151 e. The molecule has 2 aliphatic rings. The second kappa shape index (κ2) is 6.14. The first-order valence-electron chi connectivity index (χ1n) is 8.95. The Bertz CT molecular complexity index is 747. The number of allylic oxidation sites excluding steroid dienone is 1. The molecule has 0 unspecified atom stereocenters. The Hall–Kier alpha value is -2.00. The van der Waals surface area contributed by atoms with E-state index in [-0.39, 0.29) is 5.60 Å². The van der Waals surface area contributed by atoms with Gasteiger partial charge in [0, 0.05) is 44.2 Å². The first kappa shape index (κ1) is 15.5. The molecule has 0 amide bonds. The maximum absolute atomic E-state index is 6.68. The number of hydrogen-bond acceptors (Lipinski definition) is 2. The minimum absolute atomic E-state index is 0.183. The van der Waals surface area contributed by atoms with Gasteiger partial charge in [-0.15, -0.1) is 0 Å². The van der Waals surface area contributed by atoms with E-state index >= 15 is 0 Å². The molecule has 3 heteroatoms. The zero-order chi connectivity index (χ0) is 16.6. The fourth-order valence-corrected chi connectivity index (χ4v) is 3.91. The molecule has 1 aromatic carbocycles. The van der Waals surface area contributed by atoms with E-state index in [0.717, 1.165) is 44.8 Å². The van der Waals surface area contributed by atoms with Gasteiger partial charge in [-0.3, -0.25) is 4.90 Å². The summed E-state index contributed by atoms with van der Waals surface area (Å²) < 4.78 is 9.05. The van der Waals surface area contributed by atoms with E-state index in [9.17, 15) is 0 Å². The van der Waals surface area contributed by atoms with Crippen LogP contribution in [-0.4, -0.2) is 29.1 Å². The highest BCUT2D eigenvalue weighted by molar-refractivity contribution is 5.38. The SMILES string of the molecule is CC(C)=CCN1CCC2(CC1)Oc1ccccc1Cn1cccc12. The number of piperidine rings is 1. The summed E-state index contributed by atoms with van der Waals surface area (Å²) in [5, 5.41) is 0. The number of ether oxygens (including phenoxy) is 1. The molecule has 3 nitrogen and oxygen atoms in total. The second-order valence-electron chi connectivity index (χ2n) is 7.31. The fourth-order valence-electron chi connectivity index (χ4n) is 3.91. The minimum atomic E-state index is -0.183. The predicted octanol–water partition coefficient (Wildman–Crippen LogP) is 4.19. The van der Waals surface area contributed by atoms with Crippen molar-refractivity contribution in [3.63, 3.8) is 0 Å². The number of benzene rings is 1. The summed E-state index contributed by atoms with van der Waals surface area (Å²) in [7, 11) is 0. The molecule has 24 heavy (non-hydrogen) atoms. The quantitative estimate of drug-likeness (QED) is 0.772. The summed E-state index contributed by atoms with van der Waals surface area (Å²) in [5.41, 5.74) is 3.82. The van der Waals surface area contributed by atoms with Gasteiger partial charge in [0.05, 0.1) is 12.2 Å². The van der Waals surface area contributed by atoms with Crippen LogP contribution in [0.25, 0.3) is 0 Å². The summed E-state index contributed by atoms with van der Waals surface area (Å²) in [6, 6.07) is 12.9. The number of rotatable bonds is 2. The van der Waals surface area contributed by atoms with Crippen LogP contribution < -0.4 is 4.74 Å². The summed E-state index contributed by atoms with van der Waals surface area (Å²) in [4.78, 5) is 2.53. The average molecular weight is 322 g/mol. The number of hydrogen-bond donors (Lipinski definition) is 0. The molecule has 3 heterocycles. The Kier molecular flexibility index (Phi) is 3.97. The lowest BCUT2D eigenvalue weighted by Crippen LogP contribution is -2.46. The number of aromatic nitrogens is 1. The van der Waals surface area contributed by atoms with Crippen LogP contribution in [0.3, 0.4) is 0 Å². The highest BCUT2D eigenvalue weighted by Gasteiger charge is 2.42. The standard InChI is InChI=1S/C21H26N2O/c1-17(2)9-13-22-14-10-21(11-15-22)20-8-5-12-23(20)16-18-6-3-4-7-19(18)24-21/h3-9,12H,10-11,13-16H2,1-2H3. The molecular weight excluding hydrogens is 296 g/mol. The molecule has 2 aromatic rings. The van der Waals surface area contributed by atoms with Gasteiger partial charge in [0.2, 0.25) is 0 Å². The van der Waals surface area contributed by atoms with Crippen molar-refractivity contribution in [3.05, 3.63) is 65.5 Å². The molecule has 1 fully saturated rings. The van der Waals surface area contributed by atoms with Crippen molar-refractivity contribution in [1.82, 2.24) is 9.47 Å². The van der Waals surface area contributed by atoms with Gasteiger partial charge in [0.1, 0.15) is 5.75 Å². The first-order valence-corrected chi connectivity index (χ1v) is 8.95. The Balaban J connectivity index is 1.62. The van der Waals surface area contributed by atoms with E-state index in [1.54, 1.807) is 0 Å². The molecule has 0 radical (unpaired) electrons. The van der Waals surface area contributed by atoms with Crippen LogP contribution >= 0.6 is 0 Å². The van der Waals surface area contributed by atoms with Crippen molar-refractivity contribution in [1.29, 1.82) is 0 Å². The predicted molar refractivity (Wildman–Crippen MR) is 97.4 cm³/mol. The van der Waals surface area contributed by atoms with Gasteiger partial charge >= 0.3 is 0 Å². The molecule has 0 N–H and O–H groups in total. The summed E-state index contributed by atoms with van der Waals surface area (Å²) in [5.74, 6) is 1.05. The van der Waals surface area contributed by atoms with Gasteiger partial charge in [-0.1, -0.05) is 29.8 Å². The third-order valence-corrected chi connectivity index (χ3v) is 5.34. The number of nitrogens with zero attached hydrogens (tertiary/aromatic N) is 2. The molecule has 1 saturated heterocycles. The largest absolute Gasteiger partial charge is 0.481 e. The van der Waals surface area contributed by atoms with Crippen LogP contribution in [0, 0.1) is 0 Å². The van der Waals surface area contributed by atoms with Crippen molar-refractivity contribution in [2.45, 2.75) is 38.8 Å². The van der Waals surface area contributed by atoms with E-state index in [0.29, 0.717) is 0 Å². The molecular formula is C21H26N2O. The van der Waals surface area contributed by atoms with Crippen molar-refractivity contribution in [3.8, 4) is 5.75 Å².